The van der Waals surface area contributed by atoms with E-state index < -0.39 is 0 Å². The second-order valence-corrected chi connectivity index (χ2v) is 6.73. The number of nitrogens with two attached hydrogens (primary N) is 1. The van der Waals surface area contributed by atoms with Gasteiger partial charge in [0.05, 0.1) is 17.0 Å². The predicted molar refractivity (Wildman–Crippen MR) is 86.7 cm³/mol. The maximum atomic E-state index is 12.1. The molecule has 0 unspecified atom stereocenters. The normalized spacial score (nSPS) is 10.3. The Morgan fingerprint density at radius 3 is 3.00 bits per heavy atom. The smallest absolute Gasteiger partial charge is 0.258 e. The summed E-state index contributed by atoms with van der Waals surface area (Å²) < 4.78 is 0. The zero-order valence-corrected chi connectivity index (χ0v) is 13.5. The number of thiophene rings is 1. The first-order valence-electron chi connectivity index (χ1n) is 6.49. The fourth-order valence-corrected chi connectivity index (χ4v) is 3.27. The Morgan fingerprint density at radius 2 is 2.29 bits per heavy atom. The van der Waals surface area contributed by atoms with Crippen LogP contribution in [0.15, 0.2) is 11.4 Å². The highest BCUT2D eigenvalue weighted by atomic mass is 32.1. The van der Waals surface area contributed by atoms with Gasteiger partial charge in [0.1, 0.15) is 5.01 Å². The number of carbonyl (C=O) groups excluding carboxylic acids is 1. The van der Waals surface area contributed by atoms with Gasteiger partial charge in [-0.15, -0.1) is 21.5 Å². The standard InChI is InChI=1S/C14H16N4OS2/c1-9(2)6-12-17-18-14(21-12)16-13(19)10-7-11(20-8-10)4-3-5-15/h7-9H,5-6,15H2,1-2H3,(H,16,18,19). The van der Waals surface area contributed by atoms with E-state index in [1.165, 1.54) is 22.7 Å². The minimum absolute atomic E-state index is 0.195. The van der Waals surface area contributed by atoms with Crippen LogP contribution in [0.5, 0.6) is 0 Å². The van der Waals surface area contributed by atoms with Crippen LogP contribution in [-0.2, 0) is 6.42 Å². The molecule has 3 N–H and O–H groups in total. The molecule has 0 aliphatic rings. The van der Waals surface area contributed by atoms with E-state index in [9.17, 15) is 4.79 Å². The van der Waals surface area contributed by atoms with E-state index in [2.05, 4.69) is 41.2 Å². The Bertz CT molecular complexity index is 678. The average Bonchev–Trinajstić information content (AvgIpc) is 3.05. The molecule has 0 aromatic carbocycles. The van der Waals surface area contributed by atoms with Gasteiger partial charge in [-0.05, 0) is 12.0 Å². The van der Waals surface area contributed by atoms with Gasteiger partial charge in [-0.3, -0.25) is 10.1 Å². The monoisotopic (exact) mass is 320 g/mol. The number of hydrogen-bond acceptors (Lipinski definition) is 6. The summed E-state index contributed by atoms with van der Waals surface area (Å²) in [4.78, 5) is 12.9. The molecule has 0 bridgehead atoms. The van der Waals surface area contributed by atoms with Gasteiger partial charge < -0.3 is 5.73 Å². The van der Waals surface area contributed by atoms with Gasteiger partial charge in [0, 0.05) is 11.8 Å². The first kappa shape index (κ1) is 15.6. The Kier molecular flexibility index (Phi) is 5.44. The number of rotatable bonds is 4. The molecule has 0 fully saturated rings. The summed E-state index contributed by atoms with van der Waals surface area (Å²) in [5.74, 6) is 5.99. The molecule has 0 aliphatic heterocycles. The van der Waals surface area contributed by atoms with Gasteiger partial charge in [-0.1, -0.05) is 37.0 Å². The van der Waals surface area contributed by atoms with Crippen LogP contribution in [0, 0.1) is 17.8 Å². The SMILES string of the molecule is CC(C)Cc1nnc(NC(=O)c2csc(C#CCN)c2)s1. The number of aromatic nitrogens is 2. The van der Waals surface area contributed by atoms with Gasteiger partial charge >= 0.3 is 0 Å². The third kappa shape index (κ3) is 4.63. The molecule has 110 valence electrons. The van der Waals surface area contributed by atoms with Crippen molar-refractivity contribution in [1.29, 1.82) is 0 Å². The summed E-state index contributed by atoms with van der Waals surface area (Å²) in [5, 5.41) is 14.0. The van der Waals surface area contributed by atoms with Crippen LogP contribution >= 0.6 is 22.7 Å². The predicted octanol–water partition coefficient (Wildman–Crippen LogP) is 2.36. The lowest BCUT2D eigenvalue weighted by molar-refractivity contribution is 0.102. The van der Waals surface area contributed by atoms with Crippen LogP contribution in [0.3, 0.4) is 0 Å². The molecule has 1 amide bonds. The van der Waals surface area contributed by atoms with Crippen molar-refractivity contribution in [3.8, 4) is 11.8 Å². The van der Waals surface area contributed by atoms with Crippen molar-refractivity contribution in [3.05, 3.63) is 26.9 Å². The second-order valence-electron chi connectivity index (χ2n) is 4.76. The van der Waals surface area contributed by atoms with E-state index >= 15 is 0 Å². The summed E-state index contributed by atoms with van der Waals surface area (Å²) in [6, 6.07) is 1.75. The highest BCUT2D eigenvalue weighted by molar-refractivity contribution is 7.15. The van der Waals surface area contributed by atoms with Crippen molar-refractivity contribution in [3.63, 3.8) is 0 Å². The zero-order chi connectivity index (χ0) is 15.2. The second kappa shape index (κ2) is 7.31. The lowest BCUT2D eigenvalue weighted by Crippen LogP contribution is -2.10. The number of anilines is 1. The van der Waals surface area contributed by atoms with E-state index in [-0.39, 0.29) is 5.91 Å². The highest BCUT2D eigenvalue weighted by Crippen LogP contribution is 2.20. The van der Waals surface area contributed by atoms with Gasteiger partial charge in [-0.2, -0.15) is 0 Å². The lowest BCUT2D eigenvalue weighted by Gasteiger charge is -1.98. The van der Waals surface area contributed by atoms with E-state index in [0.29, 0.717) is 23.2 Å². The molecule has 0 atom stereocenters. The fourth-order valence-electron chi connectivity index (χ4n) is 1.56. The van der Waals surface area contributed by atoms with Crippen molar-refractivity contribution in [2.75, 3.05) is 11.9 Å². The molecule has 0 saturated carbocycles. The Labute approximate surface area is 131 Å². The third-order valence-corrected chi connectivity index (χ3v) is 4.15. The molecular formula is C14H16N4OS2. The van der Waals surface area contributed by atoms with E-state index in [1.54, 1.807) is 11.4 Å². The summed E-state index contributed by atoms with van der Waals surface area (Å²) >= 11 is 2.83. The molecular weight excluding hydrogens is 304 g/mol. The fraction of sp³-hybridized carbons (Fsp3) is 0.357. The summed E-state index contributed by atoms with van der Waals surface area (Å²) in [6.07, 6.45) is 0.866. The molecule has 0 saturated heterocycles. The molecule has 0 aliphatic carbocycles. The van der Waals surface area contributed by atoms with Gasteiger partial charge in [0.25, 0.3) is 5.91 Å². The largest absolute Gasteiger partial charge is 0.320 e. The first-order valence-corrected chi connectivity index (χ1v) is 8.19. The minimum atomic E-state index is -0.195. The van der Waals surface area contributed by atoms with Crippen molar-refractivity contribution in [1.82, 2.24) is 10.2 Å². The lowest BCUT2D eigenvalue weighted by atomic mass is 10.1. The van der Waals surface area contributed by atoms with Crippen LogP contribution in [0.2, 0.25) is 0 Å². The molecule has 21 heavy (non-hydrogen) atoms. The average molecular weight is 320 g/mol. The number of nitrogens with one attached hydrogen (secondary N) is 1. The Balaban J connectivity index is 2.00. The van der Waals surface area contributed by atoms with Crippen LogP contribution < -0.4 is 11.1 Å². The summed E-state index contributed by atoms with van der Waals surface area (Å²) in [5.41, 5.74) is 5.89. The van der Waals surface area contributed by atoms with Gasteiger partial charge in [-0.25, -0.2) is 0 Å². The Hall–Kier alpha value is -1.75. The zero-order valence-electron chi connectivity index (χ0n) is 11.8. The van der Waals surface area contributed by atoms with Gasteiger partial charge in [0.2, 0.25) is 5.13 Å². The van der Waals surface area contributed by atoms with E-state index in [4.69, 9.17) is 5.73 Å². The van der Waals surface area contributed by atoms with Crippen LogP contribution in [0.4, 0.5) is 5.13 Å². The Morgan fingerprint density at radius 1 is 1.48 bits per heavy atom. The maximum absolute atomic E-state index is 12.1. The minimum Gasteiger partial charge on any atom is -0.320 e. The molecule has 2 rings (SSSR count). The molecule has 2 aromatic heterocycles. The molecule has 0 radical (unpaired) electrons. The first-order chi connectivity index (χ1) is 10.1. The van der Waals surface area contributed by atoms with Gasteiger partial charge in [0.15, 0.2) is 0 Å². The number of nitrogens with zero attached hydrogens (tertiary/aromatic N) is 2. The molecule has 5 nitrogen and oxygen atoms in total. The van der Waals surface area contributed by atoms with Crippen LogP contribution in [-0.4, -0.2) is 22.6 Å². The maximum Gasteiger partial charge on any atom is 0.258 e. The quantitative estimate of drug-likeness (QED) is 0.847. The molecule has 7 heteroatoms. The van der Waals surface area contributed by atoms with Crippen molar-refractivity contribution in [2.45, 2.75) is 20.3 Å². The van der Waals surface area contributed by atoms with E-state index in [1.807, 2.05) is 0 Å². The highest BCUT2D eigenvalue weighted by Gasteiger charge is 2.12. The summed E-state index contributed by atoms with van der Waals surface area (Å²) in [6.45, 7) is 4.55. The number of carbonyl (C=O) groups is 1. The van der Waals surface area contributed by atoms with E-state index in [0.717, 1.165) is 16.3 Å². The topological polar surface area (TPSA) is 80.9 Å². The van der Waals surface area contributed by atoms with Crippen molar-refractivity contribution < 1.29 is 4.79 Å². The molecule has 2 aromatic rings. The van der Waals surface area contributed by atoms with Crippen molar-refractivity contribution >= 4 is 33.7 Å². The number of amides is 1. The van der Waals surface area contributed by atoms with Crippen molar-refractivity contribution in [2.24, 2.45) is 11.7 Å². The van der Waals surface area contributed by atoms with Crippen LogP contribution in [0.1, 0.15) is 34.1 Å². The third-order valence-electron chi connectivity index (χ3n) is 2.45. The molecule has 2 heterocycles. The number of hydrogen-bond donors (Lipinski definition) is 2. The molecule has 0 spiro atoms. The van der Waals surface area contributed by atoms with Crippen LogP contribution in [0.25, 0.3) is 0 Å². The summed E-state index contributed by atoms with van der Waals surface area (Å²) in [7, 11) is 0.